The zero-order valence-electron chi connectivity index (χ0n) is 10.9. The zero-order valence-corrected chi connectivity index (χ0v) is 10.9. The number of rotatable bonds is 5. The molecule has 0 N–H and O–H groups in total. The van der Waals surface area contributed by atoms with Crippen molar-refractivity contribution in [2.45, 2.75) is 34.0 Å². The second-order valence-electron chi connectivity index (χ2n) is 4.10. The summed E-state index contributed by atoms with van der Waals surface area (Å²) in [5.74, 6) is -0.887. The minimum Gasteiger partial charge on any atom is -0.425 e. The lowest BCUT2D eigenvalue weighted by Crippen LogP contribution is -2.35. The van der Waals surface area contributed by atoms with Crippen LogP contribution in [0.1, 0.15) is 27.7 Å². The van der Waals surface area contributed by atoms with Crippen molar-refractivity contribution in [3.8, 4) is 0 Å². The van der Waals surface area contributed by atoms with Gasteiger partial charge in [0, 0.05) is 14.0 Å². The Bertz CT molecular complexity index is 300. The molecule has 6 heteroatoms. The number of carbonyl (C=O) groups excluding carboxylic acids is 3. The van der Waals surface area contributed by atoms with E-state index in [0.29, 0.717) is 0 Å². The highest BCUT2D eigenvalue weighted by atomic mass is 16.7. The van der Waals surface area contributed by atoms with Gasteiger partial charge in [-0.1, -0.05) is 13.8 Å². The molecule has 0 saturated heterocycles. The normalized spacial score (nSPS) is 11.9. The van der Waals surface area contributed by atoms with E-state index in [-0.39, 0.29) is 18.2 Å². The quantitative estimate of drug-likeness (QED) is 0.537. The average Bonchev–Trinajstić information content (AvgIpc) is 2.15. The molecule has 0 aliphatic rings. The maximum Gasteiger partial charge on any atom is 0.412 e. The van der Waals surface area contributed by atoms with Gasteiger partial charge in [-0.2, -0.15) is 0 Å². The topological polar surface area (TPSA) is 72.9 Å². The van der Waals surface area contributed by atoms with Gasteiger partial charge in [0.15, 0.2) is 0 Å². The summed E-state index contributed by atoms with van der Waals surface area (Å²) in [5, 5.41) is 0. The number of ether oxygens (including phenoxy) is 2. The lowest BCUT2D eigenvalue weighted by Gasteiger charge is -2.19. The molecule has 6 nitrogen and oxygen atoms in total. The third kappa shape index (κ3) is 6.55. The molecule has 0 bridgehead atoms. The molecule has 0 aromatic heterocycles. The van der Waals surface area contributed by atoms with E-state index in [1.54, 1.807) is 13.8 Å². The summed E-state index contributed by atoms with van der Waals surface area (Å²) in [4.78, 5) is 34.5. The number of hydrogen-bond acceptors (Lipinski definition) is 5. The van der Waals surface area contributed by atoms with Gasteiger partial charge in [0.2, 0.25) is 6.29 Å². The first-order valence-corrected chi connectivity index (χ1v) is 5.35. The molecule has 0 aromatic rings. The van der Waals surface area contributed by atoms with Crippen LogP contribution >= 0.6 is 0 Å². The van der Waals surface area contributed by atoms with Crippen LogP contribution in [-0.2, 0) is 19.1 Å². The maximum absolute atomic E-state index is 11.4. The Morgan fingerprint density at radius 1 is 1.12 bits per heavy atom. The highest BCUT2D eigenvalue weighted by molar-refractivity contribution is 5.81. The van der Waals surface area contributed by atoms with Crippen LogP contribution in [0.4, 0.5) is 4.79 Å². The molecule has 0 radical (unpaired) electrons. The molecule has 17 heavy (non-hydrogen) atoms. The van der Waals surface area contributed by atoms with Crippen molar-refractivity contribution in [2.75, 3.05) is 13.6 Å². The van der Waals surface area contributed by atoms with Gasteiger partial charge in [-0.15, -0.1) is 0 Å². The van der Waals surface area contributed by atoms with Gasteiger partial charge in [0.25, 0.3) is 0 Å². The van der Waals surface area contributed by atoms with E-state index >= 15 is 0 Å². The summed E-state index contributed by atoms with van der Waals surface area (Å²) in [6.07, 6.45) is -1.67. The molecular formula is C11H19NO5. The zero-order chi connectivity index (χ0) is 13.6. The minimum atomic E-state index is -0.966. The first kappa shape index (κ1) is 15.4. The Balaban J connectivity index is 4.11. The van der Waals surface area contributed by atoms with E-state index < -0.39 is 18.4 Å². The number of Topliss-reactive ketones (excluding diaryl/α,β-unsaturated/α-hetero) is 1. The third-order valence-electron chi connectivity index (χ3n) is 1.79. The molecule has 98 valence electrons. The molecule has 0 fully saturated rings. The van der Waals surface area contributed by atoms with Crippen molar-refractivity contribution >= 4 is 17.8 Å². The Hall–Kier alpha value is -1.59. The van der Waals surface area contributed by atoms with Gasteiger partial charge in [-0.25, -0.2) is 4.79 Å². The molecule has 1 unspecified atom stereocenters. The van der Waals surface area contributed by atoms with Crippen LogP contribution in [0.2, 0.25) is 0 Å². The van der Waals surface area contributed by atoms with Crippen molar-refractivity contribution in [1.29, 1.82) is 0 Å². The summed E-state index contributed by atoms with van der Waals surface area (Å²) in [5.41, 5.74) is 0. The maximum atomic E-state index is 11.4. The highest BCUT2D eigenvalue weighted by Gasteiger charge is 2.19. The standard InChI is InChI=1S/C11H19NO5/c1-7(2)10(14)16-9(4)17-11(15)12(5)6-8(3)13/h7,9H,6H2,1-5H3. The molecule has 0 aliphatic heterocycles. The molecule has 1 amide bonds. The SMILES string of the molecule is CC(=O)CN(C)C(=O)OC(C)OC(=O)C(C)C. The van der Waals surface area contributed by atoms with E-state index in [2.05, 4.69) is 0 Å². The van der Waals surface area contributed by atoms with Gasteiger partial charge in [-0.05, 0) is 6.92 Å². The fraction of sp³-hybridized carbons (Fsp3) is 0.727. The van der Waals surface area contributed by atoms with E-state index in [1.807, 2.05) is 0 Å². The molecule has 0 heterocycles. The Labute approximate surface area is 101 Å². The fourth-order valence-corrected chi connectivity index (χ4v) is 0.954. The van der Waals surface area contributed by atoms with Gasteiger partial charge in [0.05, 0.1) is 12.5 Å². The fourth-order valence-electron chi connectivity index (χ4n) is 0.954. The summed E-state index contributed by atoms with van der Waals surface area (Å²) >= 11 is 0. The van der Waals surface area contributed by atoms with Crippen LogP contribution in [0.3, 0.4) is 0 Å². The van der Waals surface area contributed by atoms with Gasteiger partial charge in [-0.3, -0.25) is 9.59 Å². The number of likely N-dealkylation sites (N-methyl/N-ethyl adjacent to an activating group) is 1. The van der Waals surface area contributed by atoms with E-state index in [4.69, 9.17) is 9.47 Å². The number of hydrogen-bond donors (Lipinski definition) is 0. The monoisotopic (exact) mass is 245 g/mol. The average molecular weight is 245 g/mol. The number of carbonyl (C=O) groups is 3. The molecule has 0 saturated carbocycles. The number of amides is 1. The second kappa shape index (κ2) is 6.88. The molecule has 0 aromatic carbocycles. The van der Waals surface area contributed by atoms with Crippen LogP contribution in [0.15, 0.2) is 0 Å². The number of ketones is 1. The molecular weight excluding hydrogens is 226 g/mol. The number of nitrogens with zero attached hydrogens (tertiary/aromatic N) is 1. The van der Waals surface area contributed by atoms with Crippen LogP contribution in [0.5, 0.6) is 0 Å². The summed E-state index contributed by atoms with van der Waals surface area (Å²) in [7, 11) is 1.43. The molecule has 0 rings (SSSR count). The van der Waals surface area contributed by atoms with Crippen molar-refractivity contribution in [1.82, 2.24) is 4.90 Å². The van der Waals surface area contributed by atoms with E-state index in [9.17, 15) is 14.4 Å². The smallest absolute Gasteiger partial charge is 0.412 e. The van der Waals surface area contributed by atoms with Crippen molar-refractivity contribution in [2.24, 2.45) is 5.92 Å². The van der Waals surface area contributed by atoms with E-state index in [1.165, 1.54) is 20.9 Å². The predicted molar refractivity (Wildman–Crippen MR) is 60.2 cm³/mol. The minimum absolute atomic E-state index is 0.0380. The van der Waals surface area contributed by atoms with Crippen LogP contribution in [-0.4, -0.2) is 42.6 Å². The van der Waals surface area contributed by atoms with Gasteiger partial charge in [0.1, 0.15) is 5.78 Å². The van der Waals surface area contributed by atoms with Crippen LogP contribution in [0, 0.1) is 5.92 Å². The molecule has 0 spiro atoms. The van der Waals surface area contributed by atoms with Gasteiger partial charge >= 0.3 is 12.1 Å². The largest absolute Gasteiger partial charge is 0.425 e. The number of esters is 1. The van der Waals surface area contributed by atoms with E-state index in [0.717, 1.165) is 4.90 Å². The highest BCUT2D eigenvalue weighted by Crippen LogP contribution is 2.03. The van der Waals surface area contributed by atoms with Crippen molar-refractivity contribution in [3.05, 3.63) is 0 Å². The van der Waals surface area contributed by atoms with Crippen LogP contribution < -0.4 is 0 Å². The van der Waals surface area contributed by atoms with Crippen LogP contribution in [0.25, 0.3) is 0 Å². The first-order valence-electron chi connectivity index (χ1n) is 5.35. The summed E-state index contributed by atoms with van der Waals surface area (Å²) in [6.45, 7) is 6.13. The van der Waals surface area contributed by atoms with Crippen molar-refractivity contribution in [3.63, 3.8) is 0 Å². The predicted octanol–water partition coefficient (Wildman–Crippen LogP) is 1.19. The Kier molecular flexibility index (Phi) is 6.23. The summed E-state index contributed by atoms with van der Waals surface area (Å²) < 4.78 is 9.67. The first-order chi connectivity index (χ1) is 7.73. The lowest BCUT2D eigenvalue weighted by atomic mass is 10.2. The van der Waals surface area contributed by atoms with Gasteiger partial charge < -0.3 is 14.4 Å². The molecule has 0 aliphatic carbocycles. The Morgan fingerprint density at radius 2 is 1.65 bits per heavy atom. The lowest BCUT2D eigenvalue weighted by molar-refractivity contribution is -0.169. The van der Waals surface area contributed by atoms with Crippen molar-refractivity contribution < 1.29 is 23.9 Å². The Morgan fingerprint density at radius 3 is 2.06 bits per heavy atom. The molecule has 1 atom stereocenters. The summed E-state index contributed by atoms with van der Waals surface area (Å²) in [6, 6.07) is 0. The third-order valence-corrected chi connectivity index (χ3v) is 1.79. The second-order valence-corrected chi connectivity index (χ2v) is 4.10.